The number of hydrogen-bond donors (Lipinski definition) is 3. The van der Waals surface area contributed by atoms with E-state index in [4.69, 9.17) is 0 Å². The third-order valence-corrected chi connectivity index (χ3v) is 7.08. The van der Waals surface area contributed by atoms with Crippen LogP contribution < -0.4 is 15.4 Å². The Kier molecular flexibility index (Phi) is 7.82. The van der Waals surface area contributed by atoms with Crippen molar-refractivity contribution in [1.82, 2.24) is 15.4 Å². The van der Waals surface area contributed by atoms with Crippen LogP contribution >= 0.6 is 0 Å². The van der Waals surface area contributed by atoms with Gasteiger partial charge in [0.15, 0.2) is 0 Å². The molecule has 0 aliphatic carbocycles. The summed E-state index contributed by atoms with van der Waals surface area (Å²) in [5, 5.41) is 6.49. The highest BCUT2D eigenvalue weighted by atomic mass is 32.2. The van der Waals surface area contributed by atoms with E-state index in [0.717, 1.165) is 4.90 Å². The maximum atomic E-state index is 13.0. The second-order valence-corrected chi connectivity index (χ2v) is 9.35. The molecule has 5 nitrogen and oxygen atoms in total. The van der Waals surface area contributed by atoms with Crippen LogP contribution in [0.3, 0.4) is 0 Å². The van der Waals surface area contributed by atoms with Gasteiger partial charge in [-0.2, -0.15) is 0 Å². The van der Waals surface area contributed by atoms with E-state index in [1.165, 1.54) is 11.1 Å². The highest BCUT2D eigenvalue weighted by Gasteiger charge is 2.28. The second kappa shape index (κ2) is 11.2. The fourth-order valence-corrected chi connectivity index (χ4v) is 5.16. The molecule has 4 rings (SSSR count). The van der Waals surface area contributed by atoms with E-state index in [1.54, 1.807) is 0 Å². The number of piperidine rings is 1. The van der Waals surface area contributed by atoms with E-state index in [2.05, 4.69) is 39.6 Å². The molecule has 1 aliphatic rings. The first-order valence-electron chi connectivity index (χ1n) is 11.0. The third kappa shape index (κ3) is 5.91. The van der Waals surface area contributed by atoms with Crippen molar-refractivity contribution in [3.8, 4) is 0 Å². The van der Waals surface area contributed by atoms with Crippen molar-refractivity contribution in [3.63, 3.8) is 0 Å². The van der Waals surface area contributed by atoms with E-state index in [9.17, 15) is 9.00 Å². The summed E-state index contributed by atoms with van der Waals surface area (Å²) in [6, 6.07) is 29.8. The lowest BCUT2D eigenvalue weighted by Crippen LogP contribution is -2.51. The van der Waals surface area contributed by atoms with Crippen LogP contribution in [0.5, 0.6) is 0 Å². The maximum Gasteiger partial charge on any atom is 0.224 e. The lowest BCUT2D eigenvalue weighted by molar-refractivity contribution is -0.125. The largest absolute Gasteiger partial charge is 0.355 e. The summed E-state index contributed by atoms with van der Waals surface area (Å²) >= 11 is 0. The molecule has 1 fully saturated rings. The van der Waals surface area contributed by atoms with Gasteiger partial charge >= 0.3 is 0 Å². The Morgan fingerprint density at radius 1 is 0.875 bits per heavy atom. The van der Waals surface area contributed by atoms with Crippen molar-refractivity contribution in [1.29, 1.82) is 0 Å². The number of benzene rings is 3. The molecule has 1 amide bonds. The van der Waals surface area contributed by atoms with Gasteiger partial charge in [0.2, 0.25) is 5.91 Å². The van der Waals surface area contributed by atoms with Crippen molar-refractivity contribution in [3.05, 3.63) is 102 Å². The van der Waals surface area contributed by atoms with Gasteiger partial charge < -0.3 is 10.6 Å². The van der Waals surface area contributed by atoms with Gasteiger partial charge in [0.05, 0.1) is 10.8 Å². The molecule has 166 valence electrons. The minimum absolute atomic E-state index is 0.0282. The number of amides is 1. The van der Waals surface area contributed by atoms with E-state index in [-0.39, 0.29) is 23.8 Å². The summed E-state index contributed by atoms with van der Waals surface area (Å²) in [5.74, 6) is -0.0371. The average Bonchev–Trinajstić information content (AvgIpc) is 2.86. The first-order valence-corrected chi connectivity index (χ1v) is 12.2. The number of hydrogen-bond acceptors (Lipinski definition) is 3. The summed E-state index contributed by atoms with van der Waals surface area (Å²) in [5.41, 5.74) is 2.36. The summed E-state index contributed by atoms with van der Waals surface area (Å²) in [4.78, 5) is 13.8. The van der Waals surface area contributed by atoms with E-state index >= 15 is 0 Å². The molecule has 32 heavy (non-hydrogen) atoms. The fraction of sp³-hybridized carbons (Fsp3) is 0.269. The molecule has 1 aliphatic heterocycles. The molecule has 3 aromatic rings. The molecule has 0 bridgehead atoms. The van der Waals surface area contributed by atoms with Crippen molar-refractivity contribution in [2.75, 3.05) is 19.6 Å². The minimum atomic E-state index is -1.29. The predicted octanol–water partition coefficient (Wildman–Crippen LogP) is 3.23. The molecule has 1 unspecified atom stereocenters. The molecule has 3 N–H and O–H groups in total. The molecule has 3 aromatic carbocycles. The van der Waals surface area contributed by atoms with Gasteiger partial charge in [0, 0.05) is 31.6 Å². The van der Waals surface area contributed by atoms with E-state index in [1.807, 2.05) is 66.7 Å². The van der Waals surface area contributed by atoms with Gasteiger partial charge in [0.1, 0.15) is 11.0 Å². The second-order valence-electron chi connectivity index (χ2n) is 8.11. The molecule has 0 radical (unpaired) electrons. The zero-order chi connectivity index (χ0) is 22.2. The zero-order valence-electron chi connectivity index (χ0n) is 17.9. The van der Waals surface area contributed by atoms with Crippen LogP contribution in [0.1, 0.15) is 23.5 Å². The van der Waals surface area contributed by atoms with Crippen LogP contribution in [0.25, 0.3) is 0 Å². The van der Waals surface area contributed by atoms with Crippen molar-refractivity contribution >= 4 is 16.9 Å². The van der Waals surface area contributed by atoms with Crippen LogP contribution in [-0.2, 0) is 15.8 Å². The predicted molar refractivity (Wildman–Crippen MR) is 128 cm³/mol. The maximum absolute atomic E-state index is 13.0. The number of nitrogens with one attached hydrogen (secondary N) is 3. The highest BCUT2D eigenvalue weighted by Crippen LogP contribution is 2.24. The Morgan fingerprint density at radius 2 is 1.44 bits per heavy atom. The van der Waals surface area contributed by atoms with Crippen LogP contribution in [0.15, 0.2) is 95.9 Å². The van der Waals surface area contributed by atoms with Crippen molar-refractivity contribution in [2.45, 2.75) is 23.3 Å². The third-order valence-electron chi connectivity index (χ3n) is 5.84. The van der Waals surface area contributed by atoms with Gasteiger partial charge in [-0.1, -0.05) is 78.9 Å². The molecule has 0 saturated carbocycles. The minimum Gasteiger partial charge on any atom is -0.355 e. The Hall–Kier alpha value is -2.80. The first-order chi connectivity index (χ1) is 15.7. The Labute approximate surface area is 192 Å². The van der Waals surface area contributed by atoms with Gasteiger partial charge in [-0.3, -0.25) is 4.79 Å². The highest BCUT2D eigenvalue weighted by molar-refractivity contribution is 7.83. The first kappa shape index (κ1) is 22.4. The molecule has 6 heteroatoms. The SMILES string of the molecule is O=C(NCC(c1ccccc1)c1ccccc1)[C@@H]1CNC[C@H](NS(=O)c2ccccc2)C1. The lowest BCUT2D eigenvalue weighted by atomic mass is 9.90. The summed E-state index contributed by atoms with van der Waals surface area (Å²) in [6.07, 6.45) is 0.652. The molecule has 3 atom stereocenters. The molecule has 0 aromatic heterocycles. The lowest BCUT2D eigenvalue weighted by Gasteiger charge is -2.30. The van der Waals surface area contributed by atoms with Crippen LogP contribution in [-0.4, -0.2) is 35.8 Å². The fourth-order valence-electron chi connectivity index (χ4n) is 4.14. The van der Waals surface area contributed by atoms with Gasteiger partial charge in [-0.05, 0) is 29.7 Å². The monoisotopic (exact) mass is 447 g/mol. The Morgan fingerprint density at radius 3 is 2.03 bits per heavy atom. The van der Waals surface area contributed by atoms with Crippen molar-refractivity contribution in [2.24, 2.45) is 5.92 Å². The molecular weight excluding hydrogens is 418 g/mol. The summed E-state index contributed by atoms with van der Waals surface area (Å²) in [6.45, 7) is 1.86. The molecule has 1 saturated heterocycles. The number of carbonyl (C=O) groups is 1. The van der Waals surface area contributed by atoms with E-state index in [0.29, 0.717) is 26.1 Å². The van der Waals surface area contributed by atoms with Gasteiger partial charge in [-0.15, -0.1) is 0 Å². The zero-order valence-corrected chi connectivity index (χ0v) is 18.8. The molecule has 1 heterocycles. The van der Waals surface area contributed by atoms with Crippen LogP contribution in [0.2, 0.25) is 0 Å². The van der Waals surface area contributed by atoms with E-state index < -0.39 is 11.0 Å². The average molecular weight is 448 g/mol. The summed E-state index contributed by atoms with van der Waals surface area (Å²) in [7, 11) is -1.29. The summed E-state index contributed by atoms with van der Waals surface area (Å²) < 4.78 is 15.8. The topological polar surface area (TPSA) is 70.2 Å². The smallest absolute Gasteiger partial charge is 0.224 e. The van der Waals surface area contributed by atoms with Crippen LogP contribution in [0.4, 0.5) is 0 Å². The Balaban J connectivity index is 1.36. The molecule has 0 spiro atoms. The number of carbonyl (C=O) groups excluding carboxylic acids is 1. The quantitative estimate of drug-likeness (QED) is 0.497. The van der Waals surface area contributed by atoms with Gasteiger partial charge in [0.25, 0.3) is 0 Å². The van der Waals surface area contributed by atoms with Crippen LogP contribution in [0, 0.1) is 5.92 Å². The van der Waals surface area contributed by atoms with Gasteiger partial charge in [-0.25, -0.2) is 8.93 Å². The molecular formula is C26H29N3O2S. The normalized spacial score (nSPS) is 19.4. The Bertz CT molecular complexity index is 976. The number of rotatable bonds is 8. The van der Waals surface area contributed by atoms with Crippen molar-refractivity contribution < 1.29 is 9.00 Å². The standard InChI is InChI=1S/C26H29N3O2S/c30-26(22-16-23(18-27-17-22)29-32(31)24-14-8-3-9-15-24)28-19-25(20-10-4-1-5-11-20)21-12-6-2-7-13-21/h1-15,22-23,25,27,29H,16-19H2,(H,28,30)/t22-,23+,32?/m0/s1.